The summed E-state index contributed by atoms with van der Waals surface area (Å²) in [5.74, 6) is -1.07. The number of carbonyl (C=O) groups is 2. The fourth-order valence-corrected chi connectivity index (χ4v) is 4.16. The van der Waals surface area contributed by atoms with Gasteiger partial charge in [0.2, 0.25) is 0 Å². The Hall–Kier alpha value is -3.61. The van der Waals surface area contributed by atoms with Crippen molar-refractivity contribution < 1.29 is 19.4 Å². The Morgan fingerprint density at radius 3 is 2.27 bits per heavy atom. The summed E-state index contributed by atoms with van der Waals surface area (Å²) in [5.41, 5.74) is 5.87. The average molecular weight is 405 g/mol. The molecule has 1 heterocycles. The molecule has 3 aromatic rings. The second-order valence-electron chi connectivity index (χ2n) is 7.46. The van der Waals surface area contributed by atoms with Gasteiger partial charge in [0.05, 0.1) is 18.2 Å². The lowest BCUT2D eigenvalue weighted by Crippen LogP contribution is -2.32. The lowest BCUT2D eigenvalue weighted by molar-refractivity contribution is -0.137. The Bertz CT molecular complexity index is 1060. The van der Waals surface area contributed by atoms with Crippen LogP contribution in [0, 0.1) is 6.92 Å². The molecule has 0 spiro atoms. The molecule has 1 atom stereocenters. The first-order chi connectivity index (χ1) is 14.4. The number of benzene rings is 2. The number of nitrogens with zero attached hydrogens (tertiary/aromatic N) is 2. The SMILES string of the molecule is Cc1nn(C)cc1C(CC(=O)O)NC(=O)OCC1c2ccccc2-c2ccccc21. The fraction of sp³-hybridized carbons (Fsp3) is 0.261. The van der Waals surface area contributed by atoms with Gasteiger partial charge in [-0.1, -0.05) is 48.5 Å². The van der Waals surface area contributed by atoms with Crippen molar-refractivity contribution in [1.29, 1.82) is 0 Å². The number of carbonyl (C=O) groups excluding carboxylic acids is 1. The Kier molecular flexibility index (Phi) is 5.27. The van der Waals surface area contributed by atoms with Crippen molar-refractivity contribution >= 4 is 12.1 Å². The molecule has 0 radical (unpaired) electrons. The molecule has 4 rings (SSSR count). The first-order valence-electron chi connectivity index (χ1n) is 9.77. The van der Waals surface area contributed by atoms with Gasteiger partial charge in [-0.25, -0.2) is 4.79 Å². The number of amides is 1. The summed E-state index contributed by atoms with van der Waals surface area (Å²) in [6, 6.07) is 15.5. The fourth-order valence-electron chi connectivity index (χ4n) is 4.16. The van der Waals surface area contributed by atoms with Crippen molar-refractivity contribution in [3.05, 3.63) is 77.1 Å². The minimum absolute atomic E-state index is 0.0544. The third-order valence-electron chi connectivity index (χ3n) is 5.44. The Morgan fingerprint density at radius 2 is 1.73 bits per heavy atom. The predicted octanol–water partition coefficient (Wildman–Crippen LogP) is 3.78. The molecule has 0 saturated carbocycles. The average Bonchev–Trinajstić information content (AvgIpc) is 3.22. The van der Waals surface area contributed by atoms with Crippen LogP contribution >= 0.6 is 0 Å². The van der Waals surface area contributed by atoms with Crippen molar-refractivity contribution in [1.82, 2.24) is 15.1 Å². The van der Waals surface area contributed by atoms with Gasteiger partial charge in [-0.2, -0.15) is 5.10 Å². The van der Waals surface area contributed by atoms with E-state index in [0.29, 0.717) is 11.3 Å². The van der Waals surface area contributed by atoms with E-state index in [-0.39, 0.29) is 18.9 Å². The van der Waals surface area contributed by atoms with Crippen LogP contribution in [0.3, 0.4) is 0 Å². The molecule has 1 aliphatic carbocycles. The summed E-state index contributed by atoms with van der Waals surface area (Å²) in [7, 11) is 1.75. The van der Waals surface area contributed by atoms with Gasteiger partial charge in [0.25, 0.3) is 0 Å². The number of aliphatic carboxylic acids is 1. The molecule has 7 nitrogen and oxygen atoms in total. The van der Waals surface area contributed by atoms with Crippen LogP contribution in [-0.4, -0.2) is 33.6 Å². The highest BCUT2D eigenvalue weighted by Gasteiger charge is 2.29. The minimum atomic E-state index is -1.01. The van der Waals surface area contributed by atoms with Gasteiger partial charge < -0.3 is 15.2 Å². The zero-order valence-electron chi connectivity index (χ0n) is 16.8. The number of fused-ring (bicyclic) bond motifs is 3. The first kappa shape index (κ1) is 19.7. The molecule has 1 amide bonds. The van der Waals surface area contributed by atoms with Crippen LogP contribution in [0.15, 0.2) is 54.7 Å². The molecule has 0 fully saturated rings. The zero-order chi connectivity index (χ0) is 21.3. The number of carboxylic acids is 1. The molecule has 1 aliphatic rings. The summed E-state index contributed by atoms with van der Waals surface area (Å²) in [6.45, 7) is 1.95. The molecule has 30 heavy (non-hydrogen) atoms. The number of aromatic nitrogens is 2. The normalized spacial score (nSPS) is 13.4. The molecular weight excluding hydrogens is 382 g/mol. The van der Waals surface area contributed by atoms with E-state index in [4.69, 9.17) is 4.74 Å². The maximum atomic E-state index is 12.6. The Labute approximate surface area is 174 Å². The van der Waals surface area contributed by atoms with Gasteiger partial charge in [-0.15, -0.1) is 0 Å². The van der Waals surface area contributed by atoms with Gasteiger partial charge in [-0.3, -0.25) is 9.48 Å². The van der Waals surface area contributed by atoms with E-state index in [1.807, 2.05) is 36.4 Å². The molecule has 2 aromatic carbocycles. The number of rotatable bonds is 6. The summed E-state index contributed by atoms with van der Waals surface area (Å²) >= 11 is 0. The van der Waals surface area contributed by atoms with Gasteiger partial charge in [0.1, 0.15) is 6.61 Å². The van der Waals surface area contributed by atoms with Crippen LogP contribution in [0.2, 0.25) is 0 Å². The van der Waals surface area contributed by atoms with Crippen molar-refractivity contribution in [3.8, 4) is 11.1 Å². The maximum absolute atomic E-state index is 12.6. The molecular formula is C23H23N3O4. The number of ether oxygens (including phenoxy) is 1. The van der Waals surface area contributed by atoms with E-state index < -0.39 is 18.1 Å². The summed E-state index contributed by atoms with van der Waals surface area (Å²) in [5, 5.41) is 16.2. The number of nitrogens with one attached hydrogen (secondary N) is 1. The van der Waals surface area contributed by atoms with Gasteiger partial charge in [0, 0.05) is 24.7 Å². The standard InChI is InChI=1S/C23H23N3O4/c1-14-19(12-26(2)25-14)21(11-22(27)28)24-23(29)30-13-20-17-9-5-3-7-15(17)16-8-4-6-10-18(16)20/h3-10,12,20-21H,11,13H2,1-2H3,(H,24,29)(H,27,28). The molecule has 1 unspecified atom stereocenters. The zero-order valence-corrected chi connectivity index (χ0v) is 16.8. The molecule has 7 heteroatoms. The lowest BCUT2D eigenvalue weighted by Gasteiger charge is -2.18. The van der Waals surface area contributed by atoms with Crippen LogP contribution in [0.1, 0.15) is 40.8 Å². The van der Waals surface area contributed by atoms with E-state index >= 15 is 0 Å². The van der Waals surface area contributed by atoms with E-state index in [1.54, 1.807) is 24.9 Å². The number of alkyl carbamates (subject to hydrolysis) is 1. The van der Waals surface area contributed by atoms with Gasteiger partial charge >= 0.3 is 12.1 Å². The van der Waals surface area contributed by atoms with Crippen LogP contribution in [0.4, 0.5) is 4.79 Å². The summed E-state index contributed by atoms with van der Waals surface area (Å²) in [4.78, 5) is 23.9. The molecule has 154 valence electrons. The van der Waals surface area contributed by atoms with E-state index in [2.05, 4.69) is 22.5 Å². The third-order valence-corrected chi connectivity index (χ3v) is 5.44. The van der Waals surface area contributed by atoms with Crippen molar-refractivity contribution in [2.45, 2.75) is 25.3 Å². The lowest BCUT2D eigenvalue weighted by atomic mass is 9.98. The van der Waals surface area contributed by atoms with E-state index in [1.165, 1.54) is 0 Å². The molecule has 0 bridgehead atoms. The number of hydrogen-bond donors (Lipinski definition) is 2. The monoisotopic (exact) mass is 405 g/mol. The van der Waals surface area contributed by atoms with Crippen LogP contribution in [0.25, 0.3) is 11.1 Å². The topological polar surface area (TPSA) is 93.5 Å². The Balaban J connectivity index is 1.49. The Morgan fingerprint density at radius 1 is 1.13 bits per heavy atom. The maximum Gasteiger partial charge on any atom is 0.407 e. The van der Waals surface area contributed by atoms with Crippen molar-refractivity contribution in [2.75, 3.05) is 6.61 Å². The number of carboxylic acid groups (broad SMARTS) is 1. The molecule has 0 saturated heterocycles. The van der Waals surface area contributed by atoms with Crippen LogP contribution in [-0.2, 0) is 16.6 Å². The van der Waals surface area contributed by atoms with Crippen LogP contribution in [0.5, 0.6) is 0 Å². The van der Waals surface area contributed by atoms with Crippen molar-refractivity contribution in [2.24, 2.45) is 7.05 Å². The smallest absolute Gasteiger partial charge is 0.407 e. The molecule has 1 aromatic heterocycles. The van der Waals surface area contributed by atoms with Gasteiger partial charge in [-0.05, 0) is 29.2 Å². The van der Waals surface area contributed by atoms with E-state index in [0.717, 1.165) is 22.3 Å². The summed E-state index contributed by atoms with van der Waals surface area (Å²) in [6.07, 6.45) is 0.815. The van der Waals surface area contributed by atoms with Crippen molar-refractivity contribution in [3.63, 3.8) is 0 Å². The summed E-state index contributed by atoms with van der Waals surface area (Å²) < 4.78 is 7.15. The minimum Gasteiger partial charge on any atom is -0.481 e. The van der Waals surface area contributed by atoms with Gasteiger partial charge in [0.15, 0.2) is 0 Å². The number of aryl methyl sites for hydroxylation is 2. The molecule has 2 N–H and O–H groups in total. The second-order valence-corrected chi connectivity index (χ2v) is 7.46. The third kappa shape index (κ3) is 3.78. The predicted molar refractivity (Wildman–Crippen MR) is 111 cm³/mol. The highest BCUT2D eigenvalue weighted by molar-refractivity contribution is 5.79. The quantitative estimate of drug-likeness (QED) is 0.651. The number of hydrogen-bond acceptors (Lipinski definition) is 4. The van der Waals surface area contributed by atoms with E-state index in [9.17, 15) is 14.7 Å². The second kappa shape index (κ2) is 8.02. The molecule has 0 aliphatic heterocycles. The largest absolute Gasteiger partial charge is 0.481 e. The highest BCUT2D eigenvalue weighted by atomic mass is 16.5. The highest BCUT2D eigenvalue weighted by Crippen LogP contribution is 2.44. The van der Waals surface area contributed by atoms with Crippen LogP contribution < -0.4 is 5.32 Å². The first-order valence-corrected chi connectivity index (χ1v) is 9.77.